The van der Waals surface area contributed by atoms with Crippen molar-refractivity contribution in [2.75, 3.05) is 6.61 Å². The molecular formula is C8H8FNO. The normalized spacial score (nSPS) is 22.8. The second kappa shape index (κ2) is 2.58. The highest BCUT2D eigenvalue weighted by molar-refractivity contribution is 5.14. The summed E-state index contributed by atoms with van der Waals surface area (Å²) >= 11 is 0. The molecule has 3 heteroatoms. The number of halogens is 1. The van der Waals surface area contributed by atoms with Crippen LogP contribution in [0.4, 0.5) is 4.39 Å². The first kappa shape index (κ1) is 6.73. The summed E-state index contributed by atoms with van der Waals surface area (Å²) in [5, 5.41) is 0. The second-order valence-corrected chi connectivity index (χ2v) is 2.56. The molecule has 2 heterocycles. The smallest absolute Gasteiger partial charge is 0.212 e. The Bertz CT molecular complexity index is 243. The van der Waals surface area contributed by atoms with Gasteiger partial charge in [-0.15, -0.1) is 0 Å². The standard InChI is InChI=1S/C8H8FNO/c9-8-2-1-6(5-10-8)7-3-4-11-7/h1-2,5,7H,3-4H2. The van der Waals surface area contributed by atoms with Gasteiger partial charge in [-0.05, 0) is 11.6 Å². The average molecular weight is 153 g/mol. The number of hydrogen-bond acceptors (Lipinski definition) is 2. The minimum absolute atomic E-state index is 0.156. The lowest BCUT2D eigenvalue weighted by molar-refractivity contribution is -0.0529. The van der Waals surface area contributed by atoms with Crippen molar-refractivity contribution in [1.29, 1.82) is 0 Å². The number of nitrogens with zero attached hydrogens (tertiary/aromatic N) is 1. The van der Waals surface area contributed by atoms with Gasteiger partial charge in [0, 0.05) is 12.6 Å². The van der Waals surface area contributed by atoms with Crippen LogP contribution in [0, 0.1) is 5.95 Å². The van der Waals surface area contributed by atoms with E-state index in [0.29, 0.717) is 0 Å². The molecule has 0 N–H and O–H groups in total. The van der Waals surface area contributed by atoms with Gasteiger partial charge in [-0.1, -0.05) is 6.07 Å². The van der Waals surface area contributed by atoms with Crippen molar-refractivity contribution in [2.24, 2.45) is 0 Å². The third kappa shape index (κ3) is 1.24. The molecule has 1 saturated heterocycles. The third-order valence-corrected chi connectivity index (χ3v) is 1.82. The molecule has 1 aromatic rings. The van der Waals surface area contributed by atoms with Gasteiger partial charge in [0.25, 0.3) is 0 Å². The summed E-state index contributed by atoms with van der Waals surface area (Å²) in [7, 11) is 0. The molecule has 58 valence electrons. The van der Waals surface area contributed by atoms with Gasteiger partial charge >= 0.3 is 0 Å². The molecule has 1 aliphatic heterocycles. The Kier molecular flexibility index (Phi) is 1.58. The molecular weight excluding hydrogens is 145 g/mol. The predicted octanol–water partition coefficient (Wildman–Crippen LogP) is 1.68. The van der Waals surface area contributed by atoms with Crippen molar-refractivity contribution in [3.63, 3.8) is 0 Å². The molecule has 1 unspecified atom stereocenters. The molecule has 11 heavy (non-hydrogen) atoms. The Labute approximate surface area is 64.0 Å². The van der Waals surface area contributed by atoms with Crippen LogP contribution in [0.2, 0.25) is 0 Å². The first-order chi connectivity index (χ1) is 5.36. The lowest BCUT2D eigenvalue weighted by Crippen LogP contribution is -2.18. The van der Waals surface area contributed by atoms with E-state index in [0.717, 1.165) is 18.6 Å². The van der Waals surface area contributed by atoms with Crippen molar-refractivity contribution in [3.8, 4) is 0 Å². The van der Waals surface area contributed by atoms with Crippen molar-refractivity contribution in [2.45, 2.75) is 12.5 Å². The molecule has 1 atom stereocenters. The quantitative estimate of drug-likeness (QED) is 0.572. The maximum Gasteiger partial charge on any atom is 0.212 e. The van der Waals surface area contributed by atoms with Crippen LogP contribution in [0.25, 0.3) is 0 Å². The molecule has 0 amide bonds. The van der Waals surface area contributed by atoms with Crippen LogP contribution in [0.1, 0.15) is 18.1 Å². The van der Waals surface area contributed by atoms with Gasteiger partial charge in [0.1, 0.15) is 0 Å². The summed E-state index contributed by atoms with van der Waals surface area (Å²) in [5.74, 6) is -0.437. The zero-order valence-corrected chi connectivity index (χ0v) is 5.96. The summed E-state index contributed by atoms with van der Waals surface area (Å²) in [4.78, 5) is 3.54. The topological polar surface area (TPSA) is 22.1 Å². The minimum Gasteiger partial charge on any atom is -0.373 e. The van der Waals surface area contributed by atoms with E-state index in [4.69, 9.17) is 4.74 Å². The van der Waals surface area contributed by atoms with Gasteiger partial charge in [-0.25, -0.2) is 4.98 Å². The zero-order valence-electron chi connectivity index (χ0n) is 5.96. The Morgan fingerprint density at radius 2 is 2.36 bits per heavy atom. The monoisotopic (exact) mass is 153 g/mol. The molecule has 2 rings (SSSR count). The van der Waals surface area contributed by atoms with E-state index in [9.17, 15) is 4.39 Å². The first-order valence-corrected chi connectivity index (χ1v) is 3.59. The highest BCUT2D eigenvalue weighted by Gasteiger charge is 2.20. The average Bonchev–Trinajstić information content (AvgIpc) is 1.90. The van der Waals surface area contributed by atoms with E-state index in [2.05, 4.69) is 4.98 Å². The molecule has 0 aromatic carbocycles. The highest BCUT2D eigenvalue weighted by Crippen LogP contribution is 2.28. The first-order valence-electron chi connectivity index (χ1n) is 3.59. The number of rotatable bonds is 1. The van der Waals surface area contributed by atoms with Crippen LogP contribution in [-0.4, -0.2) is 11.6 Å². The molecule has 1 aliphatic rings. The van der Waals surface area contributed by atoms with Crippen molar-refractivity contribution in [3.05, 3.63) is 29.8 Å². The van der Waals surface area contributed by atoms with E-state index in [1.54, 1.807) is 6.07 Å². The van der Waals surface area contributed by atoms with Crippen molar-refractivity contribution in [1.82, 2.24) is 4.98 Å². The molecule has 0 bridgehead atoms. The molecule has 1 aromatic heterocycles. The summed E-state index contributed by atoms with van der Waals surface area (Å²) in [6.07, 6.45) is 2.70. The number of hydrogen-bond donors (Lipinski definition) is 0. The molecule has 0 radical (unpaired) electrons. The van der Waals surface area contributed by atoms with Gasteiger partial charge in [-0.2, -0.15) is 4.39 Å². The summed E-state index contributed by atoms with van der Waals surface area (Å²) < 4.78 is 17.5. The largest absolute Gasteiger partial charge is 0.373 e. The molecule has 0 aliphatic carbocycles. The van der Waals surface area contributed by atoms with Crippen molar-refractivity contribution >= 4 is 0 Å². The van der Waals surface area contributed by atoms with E-state index in [-0.39, 0.29) is 6.10 Å². The van der Waals surface area contributed by atoms with Crippen LogP contribution in [0.5, 0.6) is 0 Å². The maximum atomic E-state index is 12.3. The van der Waals surface area contributed by atoms with Crippen LogP contribution in [0.15, 0.2) is 18.3 Å². The third-order valence-electron chi connectivity index (χ3n) is 1.82. The zero-order chi connectivity index (χ0) is 7.68. The second-order valence-electron chi connectivity index (χ2n) is 2.56. The van der Waals surface area contributed by atoms with Crippen LogP contribution in [-0.2, 0) is 4.74 Å². The summed E-state index contributed by atoms with van der Waals surface area (Å²) in [5.41, 5.74) is 0.970. The number of ether oxygens (including phenoxy) is 1. The fraction of sp³-hybridized carbons (Fsp3) is 0.375. The number of aromatic nitrogens is 1. The Morgan fingerprint density at radius 1 is 1.55 bits per heavy atom. The van der Waals surface area contributed by atoms with E-state index < -0.39 is 5.95 Å². The van der Waals surface area contributed by atoms with Crippen LogP contribution >= 0.6 is 0 Å². The fourth-order valence-corrected chi connectivity index (χ4v) is 1.08. The van der Waals surface area contributed by atoms with Gasteiger partial charge in [0.05, 0.1) is 12.7 Å². The van der Waals surface area contributed by atoms with Crippen LogP contribution in [0.3, 0.4) is 0 Å². The van der Waals surface area contributed by atoms with Crippen LogP contribution < -0.4 is 0 Å². The predicted molar refractivity (Wildman–Crippen MR) is 37.5 cm³/mol. The van der Waals surface area contributed by atoms with Gasteiger partial charge < -0.3 is 4.74 Å². The van der Waals surface area contributed by atoms with E-state index >= 15 is 0 Å². The van der Waals surface area contributed by atoms with Gasteiger partial charge in [0.15, 0.2) is 0 Å². The minimum atomic E-state index is -0.437. The van der Waals surface area contributed by atoms with E-state index in [1.807, 2.05) is 0 Å². The highest BCUT2D eigenvalue weighted by atomic mass is 19.1. The SMILES string of the molecule is Fc1ccc(C2CCO2)cn1. The Morgan fingerprint density at radius 3 is 2.82 bits per heavy atom. The van der Waals surface area contributed by atoms with E-state index in [1.165, 1.54) is 12.3 Å². The molecule has 0 spiro atoms. The molecule has 0 saturated carbocycles. The molecule has 1 fully saturated rings. The Hall–Kier alpha value is -0.960. The fourth-order valence-electron chi connectivity index (χ4n) is 1.08. The Balaban J connectivity index is 2.18. The summed E-state index contributed by atoms with van der Waals surface area (Å²) in [6, 6.07) is 3.07. The molecule has 2 nitrogen and oxygen atoms in total. The van der Waals surface area contributed by atoms with Gasteiger partial charge in [-0.3, -0.25) is 0 Å². The summed E-state index contributed by atoms with van der Waals surface area (Å²) in [6.45, 7) is 0.808. The van der Waals surface area contributed by atoms with Gasteiger partial charge in [0.2, 0.25) is 5.95 Å². The maximum absolute atomic E-state index is 12.3. The lowest BCUT2D eigenvalue weighted by Gasteiger charge is -2.26. The lowest BCUT2D eigenvalue weighted by atomic mass is 10.1. The van der Waals surface area contributed by atoms with Crippen molar-refractivity contribution < 1.29 is 9.13 Å². The number of pyridine rings is 1.